The molecule has 1 heterocycles. The zero-order valence-electron chi connectivity index (χ0n) is 15.0. The van der Waals surface area contributed by atoms with Crippen LogP contribution in [0, 0.1) is 5.92 Å². The summed E-state index contributed by atoms with van der Waals surface area (Å²) in [6, 6.07) is 0. The Kier molecular flexibility index (Phi) is 10.1. The Morgan fingerprint density at radius 1 is 0.952 bits per heavy atom. The Morgan fingerprint density at radius 2 is 1.48 bits per heavy atom. The Balaban J connectivity index is 2.87. The number of hydrogen-bond donors (Lipinski definition) is 0. The van der Waals surface area contributed by atoms with Gasteiger partial charge in [0.25, 0.3) is 0 Å². The van der Waals surface area contributed by atoms with Crippen LogP contribution in [0.15, 0.2) is 9.85 Å². The van der Waals surface area contributed by atoms with Gasteiger partial charge in [0.15, 0.2) is 0 Å². The fourth-order valence-corrected chi connectivity index (χ4v) is 19.3. The molecule has 0 fully saturated rings. The summed E-state index contributed by atoms with van der Waals surface area (Å²) in [7, 11) is 0. The van der Waals surface area contributed by atoms with Crippen LogP contribution in [0.4, 0.5) is 0 Å². The average molecular weight is 401 g/mol. The molecule has 1 rings (SSSR count). The summed E-state index contributed by atoms with van der Waals surface area (Å²) >= 11 is -2.24. The van der Waals surface area contributed by atoms with E-state index in [2.05, 4.69) is 33.8 Å². The van der Waals surface area contributed by atoms with E-state index in [1.54, 1.807) is 3.78 Å². The summed E-state index contributed by atoms with van der Waals surface area (Å²) in [6.07, 6.45) is 13.4. The normalized spacial score (nSPS) is 19.2. The monoisotopic (exact) mass is 402 g/mol. The van der Waals surface area contributed by atoms with Crippen LogP contribution in [0.3, 0.4) is 0 Å². The molecule has 0 saturated heterocycles. The van der Waals surface area contributed by atoms with Gasteiger partial charge in [0, 0.05) is 0 Å². The molecule has 1 aliphatic rings. The van der Waals surface area contributed by atoms with Crippen LogP contribution in [0.1, 0.15) is 79.1 Å². The van der Waals surface area contributed by atoms with Gasteiger partial charge in [-0.05, 0) is 0 Å². The van der Waals surface area contributed by atoms with Gasteiger partial charge in [-0.1, -0.05) is 0 Å². The summed E-state index contributed by atoms with van der Waals surface area (Å²) in [5, 5.41) is 0. The molecule has 124 valence electrons. The van der Waals surface area contributed by atoms with Crippen molar-refractivity contribution >= 4 is 18.4 Å². The Bertz CT molecular complexity index is 276. The molecule has 0 unspecified atom stereocenters. The quantitative estimate of drug-likeness (QED) is 0.350. The van der Waals surface area contributed by atoms with Gasteiger partial charge in [0.1, 0.15) is 0 Å². The van der Waals surface area contributed by atoms with Crippen molar-refractivity contribution < 1.29 is 4.74 Å². The van der Waals surface area contributed by atoms with Crippen molar-refractivity contribution in [2.75, 3.05) is 6.61 Å². The molecule has 0 radical (unpaired) electrons. The zero-order valence-corrected chi connectivity index (χ0v) is 17.9. The molecule has 0 amide bonds. The second-order valence-corrected chi connectivity index (χ2v) is 20.0. The van der Waals surface area contributed by atoms with Crippen LogP contribution >= 0.6 is 0 Å². The average Bonchev–Trinajstić information content (AvgIpc) is 2.55. The van der Waals surface area contributed by atoms with Crippen molar-refractivity contribution in [2.45, 2.75) is 92.4 Å². The predicted octanol–water partition coefficient (Wildman–Crippen LogP) is 6.71. The van der Waals surface area contributed by atoms with Crippen molar-refractivity contribution in [3.05, 3.63) is 9.85 Å². The van der Waals surface area contributed by atoms with E-state index >= 15 is 0 Å². The molecular formula is C19H38OSn. The van der Waals surface area contributed by atoms with Gasteiger partial charge < -0.3 is 0 Å². The Hall–Kier alpha value is 0.339. The molecule has 1 aliphatic heterocycles. The first kappa shape index (κ1) is 19.4. The van der Waals surface area contributed by atoms with Gasteiger partial charge >= 0.3 is 138 Å². The molecule has 0 aromatic carbocycles. The molecule has 0 saturated carbocycles. The second-order valence-electron chi connectivity index (χ2n) is 6.98. The van der Waals surface area contributed by atoms with Crippen molar-refractivity contribution in [2.24, 2.45) is 5.92 Å². The molecule has 0 aromatic rings. The number of hydrogen-bond acceptors (Lipinski definition) is 1. The van der Waals surface area contributed by atoms with Crippen LogP contribution in [-0.2, 0) is 4.74 Å². The molecule has 1 atom stereocenters. The van der Waals surface area contributed by atoms with Gasteiger partial charge in [-0.25, -0.2) is 0 Å². The fourth-order valence-electron chi connectivity index (χ4n) is 3.55. The van der Waals surface area contributed by atoms with Gasteiger partial charge in [0.05, 0.1) is 0 Å². The van der Waals surface area contributed by atoms with E-state index in [1.165, 1.54) is 64.7 Å². The number of allylic oxidation sites excluding steroid dienone is 1. The summed E-state index contributed by atoms with van der Waals surface area (Å²) in [5.41, 5.74) is 0. The first-order valence-electron chi connectivity index (χ1n) is 9.55. The van der Waals surface area contributed by atoms with Crippen molar-refractivity contribution in [3.63, 3.8) is 0 Å². The Morgan fingerprint density at radius 3 is 1.81 bits per heavy atom. The van der Waals surface area contributed by atoms with E-state index in [4.69, 9.17) is 4.74 Å². The summed E-state index contributed by atoms with van der Waals surface area (Å²) in [4.78, 5) is 0. The van der Waals surface area contributed by atoms with Crippen molar-refractivity contribution in [1.29, 1.82) is 0 Å². The van der Waals surface area contributed by atoms with Crippen molar-refractivity contribution in [3.8, 4) is 0 Å². The standard InChI is InChI=1S/C7H11O.3C4H9.Sn/c1-2-7-4-3-5-8-6-7;3*1-3-4-2;/h3,7H,2,4,6H2,1H3;3*1,3-4H2,2H3;/t7-;;;;/m0..../s1. The van der Waals surface area contributed by atoms with Gasteiger partial charge in [0.2, 0.25) is 0 Å². The van der Waals surface area contributed by atoms with E-state index < -0.39 is 18.4 Å². The third-order valence-corrected chi connectivity index (χ3v) is 20.4. The molecule has 21 heavy (non-hydrogen) atoms. The van der Waals surface area contributed by atoms with Crippen LogP contribution in [0.25, 0.3) is 0 Å². The van der Waals surface area contributed by atoms with Crippen molar-refractivity contribution in [1.82, 2.24) is 0 Å². The third-order valence-electron chi connectivity index (χ3n) is 5.24. The Labute approximate surface area is 137 Å². The van der Waals surface area contributed by atoms with E-state index in [1.807, 2.05) is 0 Å². The minimum absolute atomic E-state index is 0.779. The fraction of sp³-hybridized carbons (Fsp3) is 0.895. The van der Waals surface area contributed by atoms with Crippen LogP contribution in [0.2, 0.25) is 13.3 Å². The van der Waals surface area contributed by atoms with E-state index in [0.29, 0.717) is 0 Å². The number of rotatable bonds is 11. The summed E-state index contributed by atoms with van der Waals surface area (Å²) in [5.74, 6) is 0.779. The van der Waals surface area contributed by atoms with Gasteiger partial charge in [-0.3, -0.25) is 0 Å². The zero-order chi connectivity index (χ0) is 15.6. The number of ether oxygens (including phenoxy) is 1. The number of unbranched alkanes of at least 4 members (excludes halogenated alkanes) is 3. The molecule has 0 N–H and O–H groups in total. The SMILES string of the molecule is CCC[CH2][Sn]([CH2]CCC)([CH2]CCC)[C]1=CC[C@H](CC)CO1. The second kappa shape index (κ2) is 11.0. The maximum atomic E-state index is 6.39. The molecule has 2 heteroatoms. The van der Waals surface area contributed by atoms with Crippen LogP contribution in [0.5, 0.6) is 0 Å². The third kappa shape index (κ3) is 6.15. The molecule has 0 bridgehead atoms. The molecule has 0 aromatic heterocycles. The predicted molar refractivity (Wildman–Crippen MR) is 97.3 cm³/mol. The van der Waals surface area contributed by atoms with E-state index in [0.717, 1.165) is 12.5 Å². The molecule has 0 spiro atoms. The topological polar surface area (TPSA) is 9.23 Å². The van der Waals surface area contributed by atoms with Gasteiger partial charge in [-0.15, -0.1) is 0 Å². The van der Waals surface area contributed by atoms with Crippen LogP contribution < -0.4 is 0 Å². The van der Waals surface area contributed by atoms with E-state index in [-0.39, 0.29) is 0 Å². The first-order valence-corrected chi connectivity index (χ1v) is 17.0. The first-order chi connectivity index (χ1) is 10.2. The van der Waals surface area contributed by atoms with E-state index in [9.17, 15) is 0 Å². The molecule has 1 nitrogen and oxygen atoms in total. The maximum absolute atomic E-state index is 6.39. The molecular weight excluding hydrogens is 363 g/mol. The summed E-state index contributed by atoms with van der Waals surface area (Å²) in [6.45, 7) is 10.3. The van der Waals surface area contributed by atoms with Crippen LogP contribution in [-0.4, -0.2) is 25.0 Å². The minimum atomic E-state index is -2.24. The molecule has 0 aliphatic carbocycles. The summed E-state index contributed by atoms with van der Waals surface area (Å²) < 4.78 is 12.6. The van der Waals surface area contributed by atoms with Gasteiger partial charge in [-0.2, -0.15) is 0 Å².